The summed E-state index contributed by atoms with van der Waals surface area (Å²) in [6, 6.07) is 0.454. The van der Waals surface area contributed by atoms with Crippen molar-refractivity contribution in [3.8, 4) is 0 Å². The van der Waals surface area contributed by atoms with Gasteiger partial charge in [0.2, 0.25) is 0 Å². The van der Waals surface area contributed by atoms with Crippen LogP contribution in [0.25, 0.3) is 0 Å². The van der Waals surface area contributed by atoms with Gasteiger partial charge >= 0.3 is 0 Å². The molecule has 3 heterocycles. The van der Waals surface area contributed by atoms with Crippen LogP contribution in [-0.4, -0.2) is 45.3 Å². The number of hydrogen-bond donors (Lipinski definition) is 1. The maximum absolute atomic E-state index is 6.06. The van der Waals surface area contributed by atoms with E-state index < -0.39 is 0 Å². The molecule has 2 saturated heterocycles. The third-order valence-electron chi connectivity index (χ3n) is 4.02. The van der Waals surface area contributed by atoms with Crippen molar-refractivity contribution in [1.29, 1.82) is 0 Å². The Hall–Kier alpha value is -0.590. The van der Waals surface area contributed by atoms with E-state index in [9.17, 15) is 0 Å². The molecule has 0 saturated carbocycles. The first-order valence-corrected chi connectivity index (χ1v) is 8.30. The molecule has 1 N–H and O–H groups in total. The molecule has 106 valence electrons. The van der Waals surface area contributed by atoms with E-state index in [1.54, 1.807) is 0 Å². The number of hydrogen-bond acceptors (Lipinski definition) is 5. The molecule has 0 aromatic carbocycles. The lowest BCUT2D eigenvalue weighted by atomic mass is 9.90. The van der Waals surface area contributed by atoms with Crippen LogP contribution < -0.4 is 5.32 Å². The summed E-state index contributed by atoms with van der Waals surface area (Å²) in [6.07, 6.45) is 5.42. The van der Waals surface area contributed by atoms with Gasteiger partial charge in [-0.15, -0.1) is 5.10 Å². The molecule has 2 aliphatic rings. The number of nitrogens with one attached hydrogen (secondary N) is 1. The van der Waals surface area contributed by atoms with Crippen molar-refractivity contribution >= 4 is 11.8 Å². The quantitative estimate of drug-likeness (QED) is 0.909. The maximum Gasteiger partial charge on any atom is 0.0964 e. The predicted molar refractivity (Wildman–Crippen MR) is 76.3 cm³/mol. The predicted octanol–water partition coefficient (Wildman–Crippen LogP) is 1.61. The molecule has 0 aliphatic carbocycles. The highest BCUT2D eigenvalue weighted by atomic mass is 32.2. The topological polar surface area (TPSA) is 52.0 Å². The Balaban J connectivity index is 1.66. The van der Waals surface area contributed by atoms with Gasteiger partial charge in [0.15, 0.2) is 0 Å². The summed E-state index contributed by atoms with van der Waals surface area (Å²) in [5, 5.41) is 11.8. The van der Waals surface area contributed by atoms with Crippen LogP contribution in [0.15, 0.2) is 6.20 Å². The average molecular weight is 282 g/mol. The summed E-state index contributed by atoms with van der Waals surface area (Å²) < 4.78 is 8.11. The van der Waals surface area contributed by atoms with Crippen LogP contribution in [-0.2, 0) is 11.3 Å². The van der Waals surface area contributed by atoms with Gasteiger partial charge in [-0.25, -0.2) is 4.68 Å². The summed E-state index contributed by atoms with van der Waals surface area (Å²) >= 11 is 2.01. The SMILES string of the molecule is CCNCc1cn(C2CCOC3(CCSC3)C2)nn1. The molecule has 5 nitrogen and oxygen atoms in total. The summed E-state index contributed by atoms with van der Waals surface area (Å²) in [5.74, 6) is 2.37. The number of ether oxygens (including phenoxy) is 1. The largest absolute Gasteiger partial charge is 0.374 e. The van der Waals surface area contributed by atoms with Gasteiger partial charge in [0, 0.05) is 18.9 Å². The molecule has 2 atom stereocenters. The molecular weight excluding hydrogens is 260 g/mol. The first kappa shape index (κ1) is 13.4. The fourth-order valence-corrected chi connectivity index (χ4v) is 4.30. The standard InChI is InChI=1S/C13H22N4OS/c1-2-14-8-11-9-17(16-15-11)12-3-5-18-13(7-12)4-6-19-10-13/h9,12,14H,2-8,10H2,1H3. The molecule has 3 rings (SSSR count). The average Bonchev–Trinajstić information content (AvgIpc) is 3.06. The van der Waals surface area contributed by atoms with Crippen LogP contribution in [0.2, 0.25) is 0 Å². The zero-order valence-corrected chi connectivity index (χ0v) is 12.3. The fraction of sp³-hybridized carbons (Fsp3) is 0.846. The van der Waals surface area contributed by atoms with Crippen LogP contribution in [0.5, 0.6) is 0 Å². The Kier molecular flexibility index (Phi) is 4.10. The van der Waals surface area contributed by atoms with E-state index in [2.05, 4.69) is 33.4 Å². The fourth-order valence-electron chi connectivity index (χ4n) is 2.92. The number of thioether (sulfide) groups is 1. The number of aromatic nitrogens is 3. The van der Waals surface area contributed by atoms with Gasteiger partial charge in [0.1, 0.15) is 0 Å². The second-order valence-corrected chi connectivity index (χ2v) is 6.56. The summed E-state index contributed by atoms with van der Waals surface area (Å²) in [7, 11) is 0. The van der Waals surface area contributed by atoms with Gasteiger partial charge in [-0.2, -0.15) is 11.8 Å². The Bertz CT molecular complexity index is 417. The second-order valence-electron chi connectivity index (χ2n) is 5.45. The molecule has 2 unspecified atom stereocenters. The van der Waals surface area contributed by atoms with E-state index in [1.165, 1.54) is 12.2 Å². The van der Waals surface area contributed by atoms with Crippen LogP contribution in [0, 0.1) is 0 Å². The number of nitrogens with zero attached hydrogens (tertiary/aromatic N) is 3. The van der Waals surface area contributed by atoms with E-state index >= 15 is 0 Å². The molecule has 0 amide bonds. The zero-order valence-electron chi connectivity index (χ0n) is 11.5. The van der Waals surface area contributed by atoms with Gasteiger partial charge in [-0.05, 0) is 31.6 Å². The summed E-state index contributed by atoms with van der Waals surface area (Å²) in [5.41, 5.74) is 1.14. The molecule has 0 radical (unpaired) electrons. The van der Waals surface area contributed by atoms with Crippen molar-refractivity contribution < 1.29 is 4.74 Å². The van der Waals surface area contributed by atoms with Crippen molar-refractivity contribution in [1.82, 2.24) is 20.3 Å². The first-order valence-electron chi connectivity index (χ1n) is 7.14. The minimum atomic E-state index is 0.112. The van der Waals surface area contributed by atoms with Crippen LogP contribution >= 0.6 is 11.8 Å². The molecule has 0 bridgehead atoms. The lowest BCUT2D eigenvalue weighted by molar-refractivity contribution is -0.0780. The van der Waals surface area contributed by atoms with Crippen molar-refractivity contribution in [2.45, 2.75) is 44.4 Å². The zero-order chi connectivity index (χ0) is 13.1. The minimum absolute atomic E-state index is 0.112. The molecule has 1 aromatic rings. The van der Waals surface area contributed by atoms with Crippen molar-refractivity contribution in [2.24, 2.45) is 0 Å². The van der Waals surface area contributed by atoms with E-state index in [0.29, 0.717) is 6.04 Å². The van der Waals surface area contributed by atoms with Gasteiger partial charge in [0.05, 0.1) is 23.5 Å². The van der Waals surface area contributed by atoms with Crippen LogP contribution in [0.1, 0.15) is 37.9 Å². The van der Waals surface area contributed by atoms with E-state index in [1.807, 2.05) is 11.8 Å². The van der Waals surface area contributed by atoms with Gasteiger partial charge in [-0.1, -0.05) is 12.1 Å². The molecular formula is C13H22N4OS. The van der Waals surface area contributed by atoms with Gasteiger partial charge in [-0.3, -0.25) is 0 Å². The highest BCUT2D eigenvalue weighted by Gasteiger charge is 2.41. The van der Waals surface area contributed by atoms with Crippen molar-refractivity contribution in [2.75, 3.05) is 24.7 Å². The molecule has 1 spiro atoms. The van der Waals surface area contributed by atoms with E-state index in [4.69, 9.17) is 4.74 Å². The smallest absolute Gasteiger partial charge is 0.0964 e. The first-order chi connectivity index (χ1) is 9.31. The second kappa shape index (κ2) is 5.81. The van der Waals surface area contributed by atoms with Crippen molar-refractivity contribution in [3.05, 3.63) is 11.9 Å². The highest BCUT2D eigenvalue weighted by Crippen LogP contribution is 2.41. The van der Waals surface area contributed by atoms with E-state index in [0.717, 1.165) is 44.0 Å². The van der Waals surface area contributed by atoms with Crippen molar-refractivity contribution in [3.63, 3.8) is 0 Å². The summed E-state index contributed by atoms with van der Waals surface area (Å²) in [4.78, 5) is 0. The number of rotatable bonds is 4. The lowest BCUT2D eigenvalue weighted by Gasteiger charge is -2.37. The Morgan fingerprint density at radius 1 is 1.63 bits per heavy atom. The molecule has 6 heteroatoms. The maximum atomic E-state index is 6.06. The third kappa shape index (κ3) is 2.95. The molecule has 1 aromatic heterocycles. The monoisotopic (exact) mass is 282 g/mol. The normalized spacial score (nSPS) is 31.1. The molecule has 2 aliphatic heterocycles. The third-order valence-corrected chi connectivity index (χ3v) is 5.25. The Morgan fingerprint density at radius 2 is 2.58 bits per heavy atom. The highest BCUT2D eigenvalue weighted by molar-refractivity contribution is 7.99. The molecule has 19 heavy (non-hydrogen) atoms. The summed E-state index contributed by atoms with van der Waals surface area (Å²) in [6.45, 7) is 4.73. The minimum Gasteiger partial charge on any atom is -0.374 e. The van der Waals surface area contributed by atoms with Gasteiger partial charge < -0.3 is 10.1 Å². The molecule has 2 fully saturated rings. The Morgan fingerprint density at radius 3 is 3.37 bits per heavy atom. The Labute approximate surface area is 118 Å². The van der Waals surface area contributed by atoms with Crippen LogP contribution in [0.3, 0.4) is 0 Å². The van der Waals surface area contributed by atoms with Gasteiger partial charge in [0.25, 0.3) is 0 Å². The van der Waals surface area contributed by atoms with E-state index in [-0.39, 0.29) is 5.60 Å². The lowest BCUT2D eigenvalue weighted by Crippen LogP contribution is -2.40. The van der Waals surface area contributed by atoms with Crippen LogP contribution in [0.4, 0.5) is 0 Å².